The van der Waals surface area contributed by atoms with E-state index in [2.05, 4.69) is 17.4 Å². The van der Waals surface area contributed by atoms with Gasteiger partial charge in [0.05, 0.1) is 0 Å². The molecule has 4 rings (SSSR count). The molecule has 124 valence electrons. The van der Waals surface area contributed by atoms with Gasteiger partial charge in [0.15, 0.2) is 11.3 Å². The van der Waals surface area contributed by atoms with Gasteiger partial charge in [0.2, 0.25) is 0 Å². The smallest absolute Gasteiger partial charge is 0.336 e. The molecule has 4 nitrogen and oxygen atoms in total. The van der Waals surface area contributed by atoms with E-state index in [4.69, 9.17) is 4.42 Å². The highest BCUT2D eigenvalue weighted by Gasteiger charge is 2.24. The molecule has 1 aliphatic rings. The number of halogens is 1. The van der Waals surface area contributed by atoms with E-state index in [1.807, 2.05) is 18.2 Å². The second-order valence-corrected chi connectivity index (χ2v) is 5.88. The van der Waals surface area contributed by atoms with E-state index >= 15 is 0 Å². The number of fused-ring (bicyclic) bond motifs is 3. The summed E-state index contributed by atoms with van der Waals surface area (Å²) in [6, 6.07) is 15.2. The molecule has 0 saturated heterocycles. The van der Waals surface area contributed by atoms with Crippen molar-refractivity contribution in [1.82, 2.24) is 5.32 Å². The summed E-state index contributed by atoms with van der Waals surface area (Å²) >= 11 is 0. The molecule has 2 N–H and O–H groups in total. The summed E-state index contributed by atoms with van der Waals surface area (Å²) in [6.07, 6.45) is 0.836. The minimum atomic E-state index is -0.445. The van der Waals surface area contributed by atoms with Crippen LogP contribution >= 0.6 is 17.0 Å². The third-order valence-electron chi connectivity index (χ3n) is 4.51. The fourth-order valence-corrected chi connectivity index (χ4v) is 3.44. The Labute approximate surface area is 149 Å². The second-order valence-electron chi connectivity index (χ2n) is 5.88. The fourth-order valence-electron chi connectivity index (χ4n) is 3.44. The van der Waals surface area contributed by atoms with Crippen molar-refractivity contribution in [3.05, 3.63) is 75.6 Å². The number of hydrogen-bond acceptors (Lipinski definition) is 4. The predicted octanol–water partition coefficient (Wildman–Crippen LogP) is 3.35. The zero-order valence-electron chi connectivity index (χ0n) is 13.0. The van der Waals surface area contributed by atoms with Crippen molar-refractivity contribution < 1.29 is 9.52 Å². The second kappa shape index (κ2) is 6.79. The van der Waals surface area contributed by atoms with Crippen molar-refractivity contribution >= 4 is 28.0 Å². The minimum absolute atomic E-state index is 0. The van der Waals surface area contributed by atoms with Crippen LogP contribution in [0.15, 0.2) is 57.7 Å². The van der Waals surface area contributed by atoms with Crippen molar-refractivity contribution in [2.75, 3.05) is 13.1 Å². The molecule has 5 heteroatoms. The standard InChI is InChI=1S/C19H17NO3.BrH/c21-17-10-15-13(14-6-7-18(22)23-19(14)17)8-9-20-11-16(15)12-4-2-1-3-5-12;/h1-7,10,16,20-21H,8-9,11H2;1H. The van der Waals surface area contributed by atoms with Crippen LogP contribution in [0.1, 0.15) is 22.6 Å². The van der Waals surface area contributed by atoms with E-state index in [9.17, 15) is 9.90 Å². The predicted molar refractivity (Wildman–Crippen MR) is 99.3 cm³/mol. The maximum absolute atomic E-state index is 11.5. The summed E-state index contributed by atoms with van der Waals surface area (Å²) in [6.45, 7) is 1.67. The molecule has 2 heterocycles. The van der Waals surface area contributed by atoms with Crippen LogP contribution in [-0.4, -0.2) is 18.2 Å². The Bertz CT molecular complexity index is 921. The first kappa shape index (κ1) is 16.7. The van der Waals surface area contributed by atoms with E-state index in [1.165, 1.54) is 11.6 Å². The topological polar surface area (TPSA) is 62.5 Å². The molecular formula is C19H18BrNO3. The molecule has 3 aromatic rings. The molecule has 1 aromatic heterocycles. The molecule has 0 amide bonds. The number of benzene rings is 2. The highest BCUT2D eigenvalue weighted by Crippen LogP contribution is 2.37. The maximum Gasteiger partial charge on any atom is 0.336 e. The van der Waals surface area contributed by atoms with Crippen LogP contribution in [0.25, 0.3) is 11.0 Å². The van der Waals surface area contributed by atoms with E-state index in [-0.39, 0.29) is 34.2 Å². The number of rotatable bonds is 1. The molecule has 0 fully saturated rings. The first-order valence-corrected chi connectivity index (χ1v) is 7.78. The molecular weight excluding hydrogens is 370 g/mol. The van der Waals surface area contributed by atoms with Gasteiger partial charge in [-0.25, -0.2) is 4.79 Å². The fraction of sp³-hybridized carbons (Fsp3) is 0.211. The van der Waals surface area contributed by atoms with Crippen molar-refractivity contribution in [1.29, 1.82) is 0 Å². The third kappa shape index (κ3) is 2.85. The van der Waals surface area contributed by atoms with Gasteiger partial charge in [0, 0.05) is 23.9 Å². The molecule has 1 atom stereocenters. The summed E-state index contributed by atoms with van der Waals surface area (Å²) in [5, 5.41) is 14.6. The maximum atomic E-state index is 11.5. The molecule has 24 heavy (non-hydrogen) atoms. The van der Waals surface area contributed by atoms with Gasteiger partial charge in [0.1, 0.15) is 0 Å². The average molecular weight is 388 g/mol. The normalized spacial score (nSPS) is 16.9. The Morgan fingerprint density at radius 2 is 1.92 bits per heavy atom. The number of phenolic OH excluding ortho intramolecular Hbond substituents is 1. The highest BCUT2D eigenvalue weighted by atomic mass is 79.9. The third-order valence-corrected chi connectivity index (χ3v) is 4.51. The minimum Gasteiger partial charge on any atom is -0.504 e. The Balaban J connectivity index is 0.00000169. The summed E-state index contributed by atoms with van der Waals surface area (Å²) in [7, 11) is 0. The van der Waals surface area contributed by atoms with Crippen molar-refractivity contribution in [3.63, 3.8) is 0 Å². The number of aromatic hydroxyl groups is 1. The van der Waals surface area contributed by atoms with Crippen LogP contribution in [0.5, 0.6) is 5.75 Å². The lowest BCUT2D eigenvalue weighted by atomic mass is 9.86. The largest absolute Gasteiger partial charge is 0.504 e. The van der Waals surface area contributed by atoms with Crippen LogP contribution in [0, 0.1) is 0 Å². The van der Waals surface area contributed by atoms with Crippen molar-refractivity contribution in [2.24, 2.45) is 0 Å². The quantitative estimate of drug-likeness (QED) is 0.628. The summed E-state index contributed by atoms with van der Waals surface area (Å²) in [5.74, 6) is 0.190. The van der Waals surface area contributed by atoms with Gasteiger partial charge in [-0.2, -0.15) is 0 Å². The summed E-state index contributed by atoms with van der Waals surface area (Å²) < 4.78 is 5.21. The first-order chi connectivity index (χ1) is 11.2. The van der Waals surface area contributed by atoms with Gasteiger partial charge in [-0.3, -0.25) is 0 Å². The Hall–Kier alpha value is -2.11. The number of hydrogen-bond donors (Lipinski definition) is 2. The van der Waals surface area contributed by atoms with Crippen molar-refractivity contribution in [2.45, 2.75) is 12.3 Å². The first-order valence-electron chi connectivity index (χ1n) is 7.78. The zero-order valence-corrected chi connectivity index (χ0v) is 14.7. The lowest BCUT2D eigenvalue weighted by Crippen LogP contribution is -2.20. The lowest BCUT2D eigenvalue weighted by Gasteiger charge is -2.19. The molecule has 1 unspecified atom stereocenters. The SMILES string of the molecule is Br.O=c1ccc2c3c(cc(O)c2o1)C(c1ccccc1)CNCC3. The van der Waals surface area contributed by atoms with E-state index in [0.29, 0.717) is 0 Å². The summed E-state index contributed by atoms with van der Waals surface area (Å²) in [4.78, 5) is 11.5. The van der Waals surface area contributed by atoms with Crippen LogP contribution in [0.4, 0.5) is 0 Å². The number of phenols is 1. The number of nitrogens with one attached hydrogen (secondary N) is 1. The van der Waals surface area contributed by atoms with E-state index in [0.717, 1.165) is 36.0 Å². The van der Waals surface area contributed by atoms with Crippen LogP contribution in [0.2, 0.25) is 0 Å². The van der Waals surface area contributed by atoms with Gasteiger partial charge in [-0.05, 0) is 41.8 Å². The van der Waals surface area contributed by atoms with Crippen molar-refractivity contribution in [3.8, 4) is 5.75 Å². The van der Waals surface area contributed by atoms with Crippen LogP contribution in [0.3, 0.4) is 0 Å². The molecule has 0 spiro atoms. The molecule has 0 bridgehead atoms. The Kier molecular flexibility index (Phi) is 4.73. The van der Waals surface area contributed by atoms with E-state index < -0.39 is 5.63 Å². The van der Waals surface area contributed by atoms with Gasteiger partial charge < -0.3 is 14.8 Å². The van der Waals surface area contributed by atoms with Crippen LogP contribution < -0.4 is 10.9 Å². The van der Waals surface area contributed by atoms with Gasteiger partial charge >= 0.3 is 5.63 Å². The lowest BCUT2D eigenvalue weighted by molar-refractivity contribution is 0.456. The Morgan fingerprint density at radius 3 is 2.71 bits per heavy atom. The Morgan fingerprint density at radius 1 is 1.12 bits per heavy atom. The molecule has 1 aliphatic heterocycles. The van der Waals surface area contributed by atoms with Gasteiger partial charge in [0.25, 0.3) is 0 Å². The summed E-state index contributed by atoms with van der Waals surface area (Å²) in [5.41, 5.74) is 3.28. The molecule has 2 aromatic carbocycles. The van der Waals surface area contributed by atoms with Gasteiger partial charge in [-0.1, -0.05) is 30.3 Å². The molecule has 0 aliphatic carbocycles. The van der Waals surface area contributed by atoms with Gasteiger partial charge in [-0.15, -0.1) is 17.0 Å². The van der Waals surface area contributed by atoms with Crippen LogP contribution in [-0.2, 0) is 6.42 Å². The molecule has 0 radical (unpaired) electrons. The highest BCUT2D eigenvalue weighted by molar-refractivity contribution is 8.93. The monoisotopic (exact) mass is 387 g/mol. The zero-order chi connectivity index (χ0) is 15.8. The van der Waals surface area contributed by atoms with E-state index in [1.54, 1.807) is 12.1 Å². The molecule has 0 saturated carbocycles. The average Bonchev–Trinajstić information content (AvgIpc) is 2.78.